The molecule has 1 fully saturated rings. The molecule has 0 radical (unpaired) electrons. The maximum Gasteiger partial charge on any atom is 0.245 e. The number of amides is 1. The maximum atomic E-state index is 11.4. The van der Waals surface area contributed by atoms with Crippen molar-refractivity contribution >= 4 is 5.91 Å². The van der Waals surface area contributed by atoms with Crippen LogP contribution in [0.3, 0.4) is 0 Å². The van der Waals surface area contributed by atoms with E-state index in [1.807, 2.05) is 0 Å². The van der Waals surface area contributed by atoms with Crippen LogP contribution in [0.1, 0.15) is 12.8 Å². The molecule has 17 heavy (non-hydrogen) atoms. The molecule has 0 unspecified atom stereocenters. The lowest BCUT2D eigenvalue weighted by Gasteiger charge is -2.31. The topological polar surface area (TPSA) is 55.3 Å². The standard InChI is InChI=1S/C12H15N3O2/c1-2-12(16)15-7-3-10(4-8-15)17-11-9-13-5-6-14-11/h2,5-6,9-10H,1,3-4,7-8H2. The van der Waals surface area contributed by atoms with Crippen LogP contribution in [-0.4, -0.2) is 40.0 Å². The van der Waals surface area contributed by atoms with Crippen LogP contribution in [0.4, 0.5) is 0 Å². The molecule has 1 aliphatic heterocycles. The number of nitrogens with zero attached hydrogens (tertiary/aromatic N) is 3. The van der Waals surface area contributed by atoms with Gasteiger partial charge in [0.1, 0.15) is 6.10 Å². The summed E-state index contributed by atoms with van der Waals surface area (Å²) in [5.74, 6) is 0.531. The number of aromatic nitrogens is 2. The van der Waals surface area contributed by atoms with Crippen LogP contribution >= 0.6 is 0 Å². The molecule has 0 aromatic carbocycles. The third-order valence-electron chi connectivity index (χ3n) is 2.76. The van der Waals surface area contributed by atoms with Crippen LogP contribution in [-0.2, 0) is 4.79 Å². The van der Waals surface area contributed by atoms with Gasteiger partial charge >= 0.3 is 0 Å². The highest BCUT2D eigenvalue weighted by molar-refractivity contribution is 5.87. The molecule has 0 spiro atoms. The van der Waals surface area contributed by atoms with Crippen molar-refractivity contribution in [2.75, 3.05) is 13.1 Å². The van der Waals surface area contributed by atoms with Gasteiger partial charge in [-0.3, -0.25) is 9.78 Å². The first-order chi connectivity index (χ1) is 8.29. The van der Waals surface area contributed by atoms with E-state index in [1.54, 1.807) is 23.5 Å². The van der Waals surface area contributed by atoms with E-state index in [4.69, 9.17) is 4.74 Å². The summed E-state index contributed by atoms with van der Waals surface area (Å²) in [6, 6.07) is 0. The molecule has 2 rings (SSSR count). The first-order valence-corrected chi connectivity index (χ1v) is 5.63. The molecular formula is C12H15N3O2. The molecule has 0 aliphatic carbocycles. The molecule has 1 aromatic heterocycles. The van der Waals surface area contributed by atoms with Gasteiger partial charge in [-0.05, 0) is 6.08 Å². The van der Waals surface area contributed by atoms with Gasteiger partial charge in [-0.2, -0.15) is 0 Å². The monoisotopic (exact) mass is 233 g/mol. The van der Waals surface area contributed by atoms with Gasteiger partial charge in [-0.15, -0.1) is 0 Å². The lowest BCUT2D eigenvalue weighted by Crippen LogP contribution is -2.41. The smallest absolute Gasteiger partial charge is 0.245 e. The minimum atomic E-state index is -0.0112. The number of rotatable bonds is 3. The highest BCUT2D eigenvalue weighted by Crippen LogP contribution is 2.16. The summed E-state index contributed by atoms with van der Waals surface area (Å²) in [5.41, 5.74) is 0. The van der Waals surface area contributed by atoms with E-state index in [-0.39, 0.29) is 12.0 Å². The van der Waals surface area contributed by atoms with Gasteiger partial charge in [0.25, 0.3) is 0 Å². The molecular weight excluding hydrogens is 218 g/mol. The fraction of sp³-hybridized carbons (Fsp3) is 0.417. The van der Waals surface area contributed by atoms with Gasteiger partial charge < -0.3 is 9.64 Å². The van der Waals surface area contributed by atoms with Gasteiger partial charge in [0.15, 0.2) is 0 Å². The van der Waals surface area contributed by atoms with Crippen LogP contribution in [0.5, 0.6) is 5.88 Å². The number of ether oxygens (including phenoxy) is 1. The van der Waals surface area contributed by atoms with E-state index < -0.39 is 0 Å². The molecule has 1 saturated heterocycles. The largest absolute Gasteiger partial charge is 0.473 e. The fourth-order valence-corrected chi connectivity index (χ4v) is 1.84. The molecule has 5 nitrogen and oxygen atoms in total. The number of hydrogen-bond donors (Lipinski definition) is 0. The van der Waals surface area contributed by atoms with Crippen molar-refractivity contribution in [3.05, 3.63) is 31.2 Å². The minimum Gasteiger partial charge on any atom is -0.473 e. The predicted molar refractivity (Wildman–Crippen MR) is 62.5 cm³/mol. The quantitative estimate of drug-likeness (QED) is 0.732. The van der Waals surface area contributed by atoms with E-state index in [0.717, 1.165) is 12.8 Å². The SMILES string of the molecule is C=CC(=O)N1CCC(Oc2cnccn2)CC1. The number of likely N-dealkylation sites (tertiary alicyclic amines) is 1. The van der Waals surface area contributed by atoms with Gasteiger partial charge in [-0.25, -0.2) is 4.98 Å². The molecule has 2 heterocycles. The van der Waals surface area contributed by atoms with Crippen LogP contribution in [0.15, 0.2) is 31.2 Å². The van der Waals surface area contributed by atoms with Crippen LogP contribution in [0.25, 0.3) is 0 Å². The number of hydrogen-bond acceptors (Lipinski definition) is 4. The molecule has 0 N–H and O–H groups in total. The average Bonchev–Trinajstić information content (AvgIpc) is 2.40. The predicted octanol–water partition coefficient (Wildman–Crippen LogP) is 1.03. The Hall–Kier alpha value is -1.91. The molecule has 0 atom stereocenters. The second kappa shape index (κ2) is 5.43. The second-order valence-electron chi connectivity index (χ2n) is 3.89. The molecule has 1 aliphatic rings. The summed E-state index contributed by atoms with van der Waals surface area (Å²) in [4.78, 5) is 21.2. The zero-order valence-corrected chi connectivity index (χ0v) is 9.58. The van der Waals surface area contributed by atoms with Crippen LogP contribution in [0.2, 0.25) is 0 Å². The van der Waals surface area contributed by atoms with Gasteiger partial charge in [0, 0.05) is 38.3 Å². The Kier molecular flexibility index (Phi) is 3.69. The van der Waals surface area contributed by atoms with Gasteiger partial charge in [0.2, 0.25) is 11.8 Å². The van der Waals surface area contributed by atoms with Gasteiger partial charge in [-0.1, -0.05) is 6.58 Å². The molecule has 1 amide bonds. The average molecular weight is 233 g/mol. The van der Waals surface area contributed by atoms with Crippen molar-refractivity contribution in [2.45, 2.75) is 18.9 Å². The highest BCUT2D eigenvalue weighted by atomic mass is 16.5. The molecule has 90 valence electrons. The molecule has 5 heteroatoms. The number of carbonyl (C=O) groups excluding carboxylic acids is 1. The van der Waals surface area contributed by atoms with Crippen LogP contribution < -0.4 is 4.74 Å². The highest BCUT2D eigenvalue weighted by Gasteiger charge is 2.22. The van der Waals surface area contributed by atoms with Crippen LogP contribution in [0, 0.1) is 0 Å². The third kappa shape index (κ3) is 3.03. The molecule has 1 aromatic rings. The Bertz CT molecular complexity index is 386. The Balaban J connectivity index is 1.83. The Morgan fingerprint density at radius 1 is 1.47 bits per heavy atom. The van der Waals surface area contributed by atoms with E-state index in [9.17, 15) is 4.79 Å². The number of carbonyl (C=O) groups is 1. The normalized spacial score (nSPS) is 16.6. The summed E-state index contributed by atoms with van der Waals surface area (Å²) in [6.07, 6.45) is 7.90. The molecule has 0 bridgehead atoms. The summed E-state index contributed by atoms with van der Waals surface area (Å²) in [7, 11) is 0. The first kappa shape index (κ1) is 11.6. The van der Waals surface area contributed by atoms with E-state index in [0.29, 0.717) is 19.0 Å². The van der Waals surface area contributed by atoms with Crippen molar-refractivity contribution in [3.63, 3.8) is 0 Å². The van der Waals surface area contributed by atoms with E-state index in [2.05, 4.69) is 16.5 Å². The zero-order valence-electron chi connectivity index (χ0n) is 9.58. The van der Waals surface area contributed by atoms with E-state index in [1.165, 1.54) is 6.08 Å². The summed E-state index contributed by atoms with van der Waals surface area (Å²) in [5, 5.41) is 0. The zero-order chi connectivity index (χ0) is 12.1. The Labute approximate surface area is 100 Å². The Morgan fingerprint density at radius 3 is 2.82 bits per heavy atom. The maximum absolute atomic E-state index is 11.4. The third-order valence-corrected chi connectivity index (χ3v) is 2.76. The lowest BCUT2D eigenvalue weighted by molar-refractivity contribution is -0.127. The summed E-state index contributed by atoms with van der Waals surface area (Å²) >= 11 is 0. The summed E-state index contributed by atoms with van der Waals surface area (Å²) < 4.78 is 5.68. The Morgan fingerprint density at radius 2 is 2.24 bits per heavy atom. The number of piperidine rings is 1. The van der Waals surface area contributed by atoms with Gasteiger partial charge in [0.05, 0.1) is 6.20 Å². The van der Waals surface area contributed by atoms with Crippen molar-refractivity contribution in [2.24, 2.45) is 0 Å². The van der Waals surface area contributed by atoms with Crippen molar-refractivity contribution in [1.82, 2.24) is 14.9 Å². The lowest BCUT2D eigenvalue weighted by atomic mass is 10.1. The van der Waals surface area contributed by atoms with E-state index >= 15 is 0 Å². The van der Waals surface area contributed by atoms with Crippen molar-refractivity contribution in [1.29, 1.82) is 0 Å². The molecule has 0 saturated carbocycles. The fourth-order valence-electron chi connectivity index (χ4n) is 1.84. The summed E-state index contributed by atoms with van der Waals surface area (Å²) in [6.45, 7) is 4.89. The van der Waals surface area contributed by atoms with Crippen molar-refractivity contribution in [3.8, 4) is 5.88 Å². The van der Waals surface area contributed by atoms with Crippen molar-refractivity contribution < 1.29 is 9.53 Å². The second-order valence-corrected chi connectivity index (χ2v) is 3.89. The first-order valence-electron chi connectivity index (χ1n) is 5.63. The minimum absolute atomic E-state index is 0.0112.